The molecule has 1 N–H and O–H groups in total. The van der Waals surface area contributed by atoms with Crippen molar-refractivity contribution in [3.8, 4) is 5.69 Å². The standard InChI is InChI=1S/C12H13FN4O2/c1-2-14-8-10-3-4-16(15-10)11-5-9(13)6-12(7-11)17(18)19/h3-7,14H,2,8H2,1H3. The number of hydrogen-bond donors (Lipinski definition) is 1. The minimum atomic E-state index is -0.659. The summed E-state index contributed by atoms with van der Waals surface area (Å²) in [6.45, 7) is 3.39. The summed E-state index contributed by atoms with van der Waals surface area (Å²) < 4.78 is 14.7. The van der Waals surface area contributed by atoms with Gasteiger partial charge in [-0.05, 0) is 12.6 Å². The summed E-state index contributed by atoms with van der Waals surface area (Å²) in [5.41, 5.74) is 0.821. The molecular weight excluding hydrogens is 251 g/mol. The third kappa shape index (κ3) is 3.14. The zero-order valence-corrected chi connectivity index (χ0v) is 10.3. The van der Waals surface area contributed by atoms with E-state index in [1.54, 1.807) is 12.3 Å². The zero-order valence-electron chi connectivity index (χ0n) is 10.3. The van der Waals surface area contributed by atoms with E-state index in [4.69, 9.17) is 0 Å². The first-order valence-corrected chi connectivity index (χ1v) is 5.80. The first kappa shape index (κ1) is 13.2. The maximum Gasteiger partial charge on any atom is 0.274 e. The van der Waals surface area contributed by atoms with Crippen LogP contribution in [-0.2, 0) is 6.54 Å². The third-order valence-electron chi connectivity index (χ3n) is 2.54. The van der Waals surface area contributed by atoms with Crippen molar-refractivity contribution in [2.75, 3.05) is 6.54 Å². The third-order valence-corrected chi connectivity index (χ3v) is 2.54. The number of nitro benzene ring substituents is 1. The van der Waals surface area contributed by atoms with Crippen molar-refractivity contribution < 1.29 is 9.31 Å². The van der Waals surface area contributed by atoms with E-state index < -0.39 is 10.7 Å². The molecule has 0 fully saturated rings. The van der Waals surface area contributed by atoms with Crippen molar-refractivity contribution >= 4 is 5.69 Å². The Morgan fingerprint density at radius 3 is 2.95 bits per heavy atom. The fourth-order valence-electron chi connectivity index (χ4n) is 1.65. The Hall–Kier alpha value is -2.28. The van der Waals surface area contributed by atoms with Crippen molar-refractivity contribution in [3.63, 3.8) is 0 Å². The van der Waals surface area contributed by atoms with Crippen molar-refractivity contribution in [2.24, 2.45) is 0 Å². The number of rotatable bonds is 5. The Morgan fingerprint density at radius 1 is 1.47 bits per heavy atom. The molecule has 0 aliphatic rings. The molecule has 0 aliphatic heterocycles. The van der Waals surface area contributed by atoms with E-state index in [1.165, 1.54) is 16.8 Å². The summed E-state index contributed by atoms with van der Waals surface area (Å²) in [5.74, 6) is -0.659. The molecule has 0 saturated carbocycles. The molecule has 7 heteroatoms. The Labute approximate surface area is 109 Å². The molecule has 6 nitrogen and oxygen atoms in total. The molecule has 1 aromatic carbocycles. The molecule has 2 aromatic rings. The van der Waals surface area contributed by atoms with Crippen LogP contribution in [0.1, 0.15) is 12.6 Å². The Bertz CT molecular complexity index is 597. The average molecular weight is 264 g/mol. The Kier molecular flexibility index (Phi) is 3.86. The predicted octanol–water partition coefficient (Wildman–Crippen LogP) is 2.03. The monoisotopic (exact) mass is 264 g/mol. The van der Waals surface area contributed by atoms with Gasteiger partial charge in [0.2, 0.25) is 0 Å². The number of non-ortho nitro benzene ring substituents is 1. The van der Waals surface area contributed by atoms with Crippen LogP contribution in [0.15, 0.2) is 30.5 Å². The van der Waals surface area contributed by atoms with Crippen LogP contribution in [0.2, 0.25) is 0 Å². The summed E-state index contributed by atoms with van der Waals surface area (Å²) in [6, 6.07) is 5.15. The largest absolute Gasteiger partial charge is 0.311 e. The van der Waals surface area contributed by atoms with Crippen LogP contribution in [0.3, 0.4) is 0 Å². The van der Waals surface area contributed by atoms with Gasteiger partial charge in [0, 0.05) is 24.9 Å². The lowest BCUT2D eigenvalue weighted by atomic mass is 10.3. The summed E-state index contributed by atoms with van der Waals surface area (Å²) in [6.07, 6.45) is 1.64. The van der Waals surface area contributed by atoms with Crippen LogP contribution < -0.4 is 5.32 Å². The minimum Gasteiger partial charge on any atom is -0.311 e. The highest BCUT2D eigenvalue weighted by Gasteiger charge is 2.11. The lowest BCUT2D eigenvalue weighted by Gasteiger charge is -2.02. The molecule has 1 heterocycles. The minimum absolute atomic E-state index is 0.293. The highest BCUT2D eigenvalue weighted by molar-refractivity contribution is 5.43. The molecule has 0 saturated heterocycles. The van der Waals surface area contributed by atoms with E-state index >= 15 is 0 Å². The van der Waals surface area contributed by atoms with Crippen molar-refractivity contribution in [3.05, 3.63) is 52.1 Å². The van der Waals surface area contributed by atoms with E-state index in [1.807, 2.05) is 6.92 Å². The molecule has 0 bridgehead atoms. The Balaban J connectivity index is 2.30. The van der Waals surface area contributed by atoms with Crippen LogP contribution in [-0.4, -0.2) is 21.2 Å². The molecule has 0 unspecified atom stereocenters. The molecule has 0 spiro atoms. The van der Waals surface area contributed by atoms with Crippen molar-refractivity contribution in [1.82, 2.24) is 15.1 Å². The van der Waals surface area contributed by atoms with Crippen molar-refractivity contribution in [1.29, 1.82) is 0 Å². The summed E-state index contributed by atoms with van der Waals surface area (Å²) >= 11 is 0. The van der Waals surface area contributed by atoms with Crippen LogP contribution in [0.5, 0.6) is 0 Å². The number of nitrogens with zero attached hydrogens (tertiary/aromatic N) is 3. The highest BCUT2D eigenvalue weighted by atomic mass is 19.1. The Morgan fingerprint density at radius 2 is 2.26 bits per heavy atom. The van der Waals surface area contributed by atoms with Gasteiger partial charge >= 0.3 is 0 Å². The SMILES string of the molecule is CCNCc1ccn(-c2cc(F)cc([N+](=O)[O-])c2)n1. The predicted molar refractivity (Wildman–Crippen MR) is 67.6 cm³/mol. The van der Waals surface area contributed by atoms with Crippen LogP contribution in [0.25, 0.3) is 5.69 Å². The second-order valence-corrected chi connectivity index (χ2v) is 3.96. The quantitative estimate of drug-likeness (QED) is 0.662. The summed E-state index contributed by atoms with van der Waals surface area (Å²) in [5, 5.41) is 18.0. The van der Waals surface area contributed by atoms with Gasteiger partial charge < -0.3 is 5.32 Å². The van der Waals surface area contributed by atoms with Gasteiger partial charge in [-0.25, -0.2) is 9.07 Å². The van der Waals surface area contributed by atoms with E-state index in [0.717, 1.165) is 18.3 Å². The molecule has 19 heavy (non-hydrogen) atoms. The van der Waals surface area contributed by atoms with Gasteiger partial charge in [-0.15, -0.1) is 0 Å². The van der Waals surface area contributed by atoms with Gasteiger partial charge in [0.1, 0.15) is 5.82 Å². The lowest BCUT2D eigenvalue weighted by Crippen LogP contribution is -2.12. The fourth-order valence-corrected chi connectivity index (χ4v) is 1.65. The van der Waals surface area contributed by atoms with Crippen LogP contribution in [0, 0.1) is 15.9 Å². The van der Waals surface area contributed by atoms with Gasteiger partial charge in [0.15, 0.2) is 0 Å². The lowest BCUT2D eigenvalue weighted by molar-refractivity contribution is -0.385. The normalized spacial score (nSPS) is 10.6. The van der Waals surface area contributed by atoms with E-state index in [-0.39, 0.29) is 5.69 Å². The maximum atomic E-state index is 13.3. The number of hydrogen-bond acceptors (Lipinski definition) is 4. The topological polar surface area (TPSA) is 73.0 Å². The molecule has 2 rings (SSSR count). The molecule has 0 atom stereocenters. The fraction of sp³-hybridized carbons (Fsp3) is 0.250. The average Bonchev–Trinajstić information content (AvgIpc) is 2.84. The molecule has 0 radical (unpaired) electrons. The van der Waals surface area contributed by atoms with Gasteiger partial charge in [-0.3, -0.25) is 10.1 Å². The number of aromatic nitrogens is 2. The molecule has 1 aromatic heterocycles. The van der Waals surface area contributed by atoms with Crippen LogP contribution in [0.4, 0.5) is 10.1 Å². The number of nitrogens with one attached hydrogen (secondary N) is 1. The molecular formula is C12H13FN4O2. The zero-order chi connectivity index (χ0) is 13.8. The van der Waals surface area contributed by atoms with Gasteiger partial charge in [0.05, 0.1) is 22.4 Å². The second kappa shape index (κ2) is 5.57. The van der Waals surface area contributed by atoms with Crippen molar-refractivity contribution in [2.45, 2.75) is 13.5 Å². The number of halogens is 1. The summed E-state index contributed by atoms with van der Waals surface area (Å²) in [7, 11) is 0. The summed E-state index contributed by atoms with van der Waals surface area (Å²) in [4.78, 5) is 10.1. The van der Waals surface area contributed by atoms with E-state index in [2.05, 4.69) is 10.4 Å². The second-order valence-electron chi connectivity index (χ2n) is 3.96. The van der Waals surface area contributed by atoms with E-state index in [9.17, 15) is 14.5 Å². The first-order chi connectivity index (χ1) is 9.10. The van der Waals surface area contributed by atoms with Gasteiger partial charge in [-0.2, -0.15) is 5.10 Å². The van der Waals surface area contributed by atoms with E-state index in [0.29, 0.717) is 12.2 Å². The highest BCUT2D eigenvalue weighted by Crippen LogP contribution is 2.19. The molecule has 0 aliphatic carbocycles. The maximum absolute atomic E-state index is 13.3. The number of nitro groups is 1. The van der Waals surface area contributed by atoms with Gasteiger partial charge in [-0.1, -0.05) is 6.92 Å². The molecule has 0 amide bonds. The smallest absolute Gasteiger partial charge is 0.274 e. The van der Waals surface area contributed by atoms with Gasteiger partial charge in [0.25, 0.3) is 5.69 Å². The first-order valence-electron chi connectivity index (χ1n) is 5.80. The van der Waals surface area contributed by atoms with Crippen LogP contribution >= 0.6 is 0 Å². The molecule has 100 valence electrons. The number of benzene rings is 1.